The minimum atomic E-state index is -0.630. The fourth-order valence-electron chi connectivity index (χ4n) is 4.48. The number of ether oxygens (including phenoxy) is 3. The number of hydrogen-bond acceptors (Lipinski definition) is 5. The van der Waals surface area contributed by atoms with Crippen LogP contribution in [0.1, 0.15) is 35.0 Å². The molecule has 0 aromatic heterocycles. The minimum Gasteiger partial charge on any atom is -0.460 e. The zero-order valence-corrected chi connectivity index (χ0v) is 19.2. The van der Waals surface area contributed by atoms with Crippen LogP contribution in [0.15, 0.2) is 72.8 Å². The lowest BCUT2D eigenvalue weighted by Crippen LogP contribution is -2.29. The summed E-state index contributed by atoms with van der Waals surface area (Å²) in [4.78, 5) is 26.9. The SMILES string of the molecule is O=C(OCc1cc(F)cc2c1O[C@H](c1ccccc1)OC2)[C@@H]1CC(=O)N(CCc2ccccc2)C1. The van der Waals surface area contributed by atoms with Crippen LogP contribution >= 0.6 is 0 Å². The summed E-state index contributed by atoms with van der Waals surface area (Å²) in [5.74, 6) is -1.05. The van der Waals surface area contributed by atoms with Crippen molar-refractivity contribution in [2.24, 2.45) is 5.92 Å². The van der Waals surface area contributed by atoms with Gasteiger partial charge in [-0.05, 0) is 24.1 Å². The van der Waals surface area contributed by atoms with Crippen molar-refractivity contribution in [3.63, 3.8) is 0 Å². The number of carbonyl (C=O) groups excluding carboxylic acids is 2. The van der Waals surface area contributed by atoms with E-state index in [1.54, 1.807) is 4.90 Å². The highest BCUT2D eigenvalue weighted by atomic mass is 19.1. The lowest BCUT2D eigenvalue weighted by molar-refractivity contribution is -0.150. The first-order valence-corrected chi connectivity index (χ1v) is 11.7. The number of esters is 1. The van der Waals surface area contributed by atoms with Crippen molar-refractivity contribution in [3.05, 3.63) is 101 Å². The molecule has 0 N–H and O–H groups in total. The first kappa shape index (κ1) is 23.1. The van der Waals surface area contributed by atoms with Crippen LogP contribution in [0.4, 0.5) is 4.39 Å². The molecule has 0 aliphatic carbocycles. The molecule has 1 saturated heterocycles. The molecule has 0 saturated carbocycles. The van der Waals surface area contributed by atoms with Crippen LogP contribution in [0.25, 0.3) is 0 Å². The summed E-state index contributed by atoms with van der Waals surface area (Å²) in [5.41, 5.74) is 2.97. The van der Waals surface area contributed by atoms with Crippen molar-refractivity contribution in [2.45, 2.75) is 32.3 Å². The smallest absolute Gasteiger partial charge is 0.311 e. The van der Waals surface area contributed by atoms with Gasteiger partial charge in [-0.25, -0.2) is 4.39 Å². The lowest BCUT2D eigenvalue weighted by atomic mass is 10.1. The molecule has 0 bridgehead atoms. The minimum absolute atomic E-state index is 0.0581. The molecule has 1 fully saturated rings. The highest BCUT2D eigenvalue weighted by Gasteiger charge is 2.35. The quantitative estimate of drug-likeness (QED) is 0.469. The Hall–Kier alpha value is -3.71. The first-order valence-electron chi connectivity index (χ1n) is 11.7. The van der Waals surface area contributed by atoms with Gasteiger partial charge in [-0.2, -0.15) is 0 Å². The molecule has 3 aromatic carbocycles. The Balaban J connectivity index is 1.21. The van der Waals surface area contributed by atoms with Crippen LogP contribution in [0.2, 0.25) is 0 Å². The molecule has 7 heteroatoms. The van der Waals surface area contributed by atoms with Gasteiger partial charge in [-0.15, -0.1) is 0 Å². The summed E-state index contributed by atoms with van der Waals surface area (Å²) in [7, 11) is 0. The molecule has 2 aliphatic rings. The number of halogens is 1. The van der Waals surface area contributed by atoms with Gasteiger partial charge in [0.2, 0.25) is 12.2 Å². The van der Waals surface area contributed by atoms with Gasteiger partial charge in [0.1, 0.15) is 18.2 Å². The predicted molar refractivity (Wildman–Crippen MR) is 126 cm³/mol. The Bertz CT molecular complexity index is 1200. The van der Waals surface area contributed by atoms with Crippen LogP contribution in [0.3, 0.4) is 0 Å². The molecular weight excluding hydrogens is 449 g/mol. The second kappa shape index (κ2) is 10.3. The Morgan fingerprint density at radius 2 is 1.80 bits per heavy atom. The fourth-order valence-corrected chi connectivity index (χ4v) is 4.48. The summed E-state index contributed by atoms with van der Waals surface area (Å²) in [5, 5.41) is 0. The second-order valence-corrected chi connectivity index (χ2v) is 8.81. The molecule has 0 spiro atoms. The van der Waals surface area contributed by atoms with E-state index in [1.807, 2.05) is 60.7 Å². The Morgan fingerprint density at radius 3 is 2.57 bits per heavy atom. The van der Waals surface area contributed by atoms with E-state index in [0.29, 0.717) is 30.0 Å². The fraction of sp³-hybridized carbons (Fsp3) is 0.286. The molecule has 1 amide bonds. The van der Waals surface area contributed by atoms with Crippen molar-refractivity contribution in [3.8, 4) is 5.75 Å². The maximum atomic E-state index is 14.2. The Morgan fingerprint density at radius 1 is 1.06 bits per heavy atom. The average molecular weight is 476 g/mol. The predicted octanol–water partition coefficient (Wildman–Crippen LogP) is 4.57. The largest absolute Gasteiger partial charge is 0.460 e. The molecule has 0 unspecified atom stereocenters. The Labute approximate surface area is 203 Å². The summed E-state index contributed by atoms with van der Waals surface area (Å²) in [6.45, 7) is 0.918. The molecule has 2 heterocycles. The van der Waals surface area contributed by atoms with Crippen molar-refractivity contribution < 1.29 is 28.2 Å². The summed E-state index contributed by atoms with van der Waals surface area (Å²) >= 11 is 0. The third-order valence-electron chi connectivity index (χ3n) is 6.33. The van der Waals surface area contributed by atoms with Crippen molar-refractivity contribution in [1.29, 1.82) is 0 Å². The third-order valence-corrected chi connectivity index (χ3v) is 6.33. The number of rotatable bonds is 7. The first-order chi connectivity index (χ1) is 17.1. The van der Waals surface area contributed by atoms with Crippen LogP contribution < -0.4 is 4.74 Å². The van der Waals surface area contributed by atoms with Gasteiger partial charge in [0.05, 0.1) is 12.5 Å². The van der Waals surface area contributed by atoms with Gasteiger partial charge in [0.15, 0.2) is 0 Å². The van der Waals surface area contributed by atoms with E-state index >= 15 is 0 Å². The monoisotopic (exact) mass is 475 g/mol. The van der Waals surface area contributed by atoms with E-state index in [9.17, 15) is 14.0 Å². The number of hydrogen-bond donors (Lipinski definition) is 0. The van der Waals surface area contributed by atoms with Gasteiger partial charge in [0.25, 0.3) is 0 Å². The topological polar surface area (TPSA) is 65.1 Å². The van der Waals surface area contributed by atoms with Crippen LogP contribution in [0, 0.1) is 11.7 Å². The van der Waals surface area contributed by atoms with Gasteiger partial charge in [-0.3, -0.25) is 9.59 Å². The number of likely N-dealkylation sites (tertiary alicyclic amines) is 1. The average Bonchev–Trinajstić information content (AvgIpc) is 3.27. The standard InChI is InChI=1S/C28H26FNO5/c29-24-13-22(26-23(14-24)18-34-28(35-26)20-9-5-2-6-10-20)17-33-27(32)21-15-25(31)30(16-21)12-11-19-7-3-1-4-8-19/h1-10,13-14,21,28H,11-12,15-18H2/t21-,28-/m1/s1. The number of benzene rings is 3. The molecule has 0 radical (unpaired) electrons. The molecule has 2 atom stereocenters. The Kier molecular flexibility index (Phi) is 6.77. The number of nitrogens with zero attached hydrogens (tertiary/aromatic N) is 1. The maximum Gasteiger partial charge on any atom is 0.311 e. The highest BCUT2D eigenvalue weighted by molar-refractivity contribution is 5.86. The molecule has 3 aromatic rings. The highest BCUT2D eigenvalue weighted by Crippen LogP contribution is 2.37. The maximum absolute atomic E-state index is 14.2. The van der Waals surface area contributed by atoms with Crippen molar-refractivity contribution in [1.82, 2.24) is 4.90 Å². The molecule has 35 heavy (non-hydrogen) atoms. The number of carbonyl (C=O) groups is 2. The molecule has 2 aliphatic heterocycles. The van der Waals surface area contributed by atoms with Crippen molar-refractivity contribution in [2.75, 3.05) is 13.1 Å². The summed E-state index contributed by atoms with van der Waals surface area (Å²) in [6.07, 6.45) is 0.218. The van der Waals surface area contributed by atoms with E-state index < -0.39 is 24.0 Å². The van der Waals surface area contributed by atoms with Crippen LogP contribution in [-0.4, -0.2) is 29.9 Å². The van der Waals surface area contributed by atoms with E-state index in [4.69, 9.17) is 14.2 Å². The summed E-state index contributed by atoms with van der Waals surface area (Å²) < 4.78 is 31.5. The lowest BCUT2D eigenvalue weighted by Gasteiger charge is -2.28. The van der Waals surface area contributed by atoms with Crippen LogP contribution in [0.5, 0.6) is 5.75 Å². The summed E-state index contributed by atoms with van der Waals surface area (Å²) in [6, 6.07) is 22.0. The zero-order chi connectivity index (χ0) is 24.2. The number of fused-ring (bicyclic) bond motifs is 1. The van der Waals surface area contributed by atoms with E-state index in [-0.39, 0.29) is 25.5 Å². The third kappa shape index (κ3) is 5.35. The van der Waals surface area contributed by atoms with Gasteiger partial charge >= 0.3 is 5.97 Å². The van der Waals surface area contributed by atoms with Crippen molar-refractivity contribution >= 4 is 11.9 Å². The van der Waals surface area contributed by atoms with E-state index in [2.05, 4.69) is 0 Å². The molecular formula is C28H26FNO5. The van der Waals surface area contributed by atoms with E-state index in [0.717, 1.165) is 17.5 Å². The zero-order valence-electron chi connectivity index (χ0n) is 19.2. The molecule has 6 nitrogen and oxygen atoms in total. The molecule has 5 rings (SSSR count). The van der Waals surface area contributed by atoms with Gasteiger partial charge in [0, 0.05) is 36.2 Å². The van der Waals surface area contributed by atoms with Crippen LogP contribution in [-0.2, 0) is 38.7 Å². The van der Waals surface area contributed by atoms with E-state index in [1.165, 1.54) is 12.1 Å². The van der Waals surface area contributed by atoms with Gasteiger partial charge < -0.3 is 19.1 Å². The van der Waals surface area contributed by atoms with Gasteiger partial charge in [-0.1, -0.05) is 60.7 Å². The normalized spacial score (nSPS) is 19.2. The second-order valence-electron chi connectivity index (χ2n) is 8.81. The number of amides is 1. The molecule has 180 valence electrons.